The van der Waals surface area contributed by atoms with Gasteiger partial charge in [-0.25, -0.2) is 4.79 Å². The Labute approximate surface area is 144 Å². The summed E-state index contributed by atoms with van der Waals surface area (Å²) in [7, 11) is 1.41. The van der Waals surface area contributed by atoms with Gasteiger partial charge in [-0.1, -0.05) is 76.5 Å². The first-order chi connectivity index (χ1) is 11.3. The van der Waals surface area contributed by atoms with Crippen LogP contribution in [0.25, 0.3) is 0 Å². The van der Waals surface area contributed by atoms with Crippen molar-refractivity contribution >= 4 is 5.97 Å². The molecule has 0 N–H and O–H groups in total. The van der Waals surface area contributed by atoms with Gasteiger partial charge in [-0.2, -0.15) is 0 Å². The summed E-state index contributed by atoms with van der Waals surface area (Å²) >= 11 is 0. The number of rotatable bonds is 16. The highest BCUT2D eigenvalue weighted by atomic mass is 16.5. The van der Waals surface area contributed by atoms with Crippen molar-refractivity contribution in [3.8, 4) is 0 Å². The number of carbonyl (C=O) groups is 1. The average molecular weight is 323 g/mol. The van der Waals surface area contributed by atoms with E-state index >= 15 is 0 Å². The molecule has 0 bridgehead atoms. The zero-order chi connectivity index (χ0) is 17.0. The van der Waals surface area contributed by atoms with Crippen LogP contribution in [0.1, 0.15) is 96.8 Å². The molecular formula is C21H38O2. The molecule has 0 aliphatic heterocycles. The maximum absolute atomic E-state index is 10.9. The average Bonchev–Trinajstić information content (AvgIpc) is 2.57. The number of methoxy groups -OCH3 is 1. The minimum atomic E-state index is -0.250. The molecule has 0 saturated heterocycles. The van der Waals surface area contributed by atoms with E-state index in [4.69, 9.17) is 0 Å². The zero-order valence-electron chi connectivity index (χ0n) is 15.5. The third kappa shape index (κ3) is 18.9. The van der Waals surface area contributed by atoms with E-state index in [-0.39, 0.29) is 5.97 Å². The normalized spacial score (nSPS) is 11.6. The Bertz CT molecular complexity index is 305. The highest BCUT2D eigenvalue weighted by Crippen LogP contribution is 2.10. The van der Waals surface area contributed by atoms with Gasteiger partial charge in [0.15, 0.2) is 0 Å². The molecule has 0 aliphatic carbocycles. The minimum absolute atomic E-state index is 0.250. The number of carbonyl (C=O) groups excluding carboxylic acids is 1. The highest BCUT2D eigenvalue weighted by Gasteiger charge is 1.92. The van der Waals surface area contributed by atoms with Crippen molar-refractivity contribution in [1.29, 1.82) is 0 Å². The van der Waals surface area contributed by atoms with Crippen LogP contribution >= 0.6 is 0 Å². The smallest absolute Gasteiger partial charge is 0.330 e. The second-order valence-corrected chi connectivity index (χ2v) is 6.30. The second kappa shape index (κ2) is 19.0. The molecule has 0 rings (SSSR count). The van der Waals surface area contributed by atoms with E-state index in [1.807, 2.05) is 6.08 Å². The van der Waals surface area contributed by atoms with Gasteiger partial charge in [-0.05, 0) is 38.5 Å². The van der Waals surface area contributed by atoms with Crippen LogP contribution < -0.4 is 0 Å². The fourth-order valence-electron chi connectivity index (χ4n) is 2.58. The molecule has 0 amide bonds. The predicted octanol–water partition coefficient (Wildman–Crippen LogP) is 6.75. The maximum atomic E-state index is 10.9. The molecule has 0 saturated carbocycles. The van der Waals surface area contributed by atoms with Gasteiger partial charge >= 0.3 is 5.97 Å². The van der Waals surface area contributed by atoms with Gasteiger partial charge in [0.1, 0.15) is 0 Å². The Morgan fingerprint density at radius 2 is 1.13 bits per heavy atom. The summed E-state index contributed by atoms with van der Waals surface area (Å²) in [6.07, 6.45) is 26.3. The van der Waals surface area contributed by atoms with Crippen LogP contribution in [0.2, 0.25) is 0 Å². The molecule has 0 fully saturated rings. The molecular weight excluding hydrogens is 284 g/mol. The first kappa shape index (κ1) is 21.9. The van der Waals surface area contributed by atoms with E-state index in [9.17, 15) is 4.79 Å². The predicted molar refractivity (Wildman–Crippen MR) is 101 cm³/mol. The van der Waals surface area contributed by atoms with Crippen molar-refractivity contribution in [2.75, 3.05) is 7.11 Å². The first-order valence-electron chi connectivity index (χ1n) is 9.70. The molecule has 2 nitrogen and oxygen atoms in total. The lowest BCUT2D eigenvalue weighted by atomic mass is 10.1. The maximum Gasteiger partial charge on any atom is 0.330 e. The van der Waals surface area contributed by atoms with Gasteiger partial charge in [0.05, 0.1) is 7.11 Å². The number of ether oxygens (including phenoxy) is 1. The van der Waals surface area contributed by atoms with E-state index in [0.717, 1.165) is 6.42 Å². The van der Waals surface area contributed by atoms with Crippen LogP contribution in [0.4, 0.5) is 0 Å². The molecule has 0 heterocycles. The van der Waals surface area contributed by atoms with Gasteiger partial charge in [0.2, 0.25) is 0 Å². The molecule has 0 aromatic heterocycles. The van der Waals surface area contributed by atoms with E-state index in [1.54, 1.807) is 0 Å². The second-order valence-electron chi connectivity index (χ2n) is 6.30. The Morgan fingerprint density at radius 1 is 0.696 bits per heavy atom. The monoisotopic (exact) mass is 322 g/mol. The third-order valence-electron chi connectivity index (χ3n) is 4.09. The number of hydrogen-bond donors (Lipinski definition) is 0. The SMILES string of the molecule is CCCCCCC=CCCCCCCCCC/C=C\C(=O)OC. The van der Waals surface area contributed by atoms with E-state index < -0.39 is 0 Å². The Balaban J connectivity index is 3.14. The molecule has 134 valence electrons. The molecule has 0 atom stereocenters. The molecule has 2 heteroatoms. The number of hydrogen-bond acceptors (Lipinski definition) is 2. The van der Waals surface area contributed by atoms with Gasteiger partial charge in [-0.3, -0.25) is 0 Å². The van der Waals surface area contributed by atoms with E-state index in [0.29, 0.717) is 0 Å². The summed E-state index contributed by atoms with van der Waals surface area (Å²) in [6, 6.07) is 0. The summed E-state index contributed by atoms with van der Waals surface area (Å²) in [5.74, 6) is -0.250. The van der Waals surface area contributed by atoms with Crippen molar-refractivity contribution in [3.05, 3.63) is 24.3 Å². The summed E-state index contributed by atoms with van der Waals surface area (Å²) in [5.41, 5.74) is 0. The summed E-state index contributed by atoms with van der Waals surface area (Å²) in [6.45, 7) is 2.26. The van der Waals surface area contributed by atoms with Gasteiger partial charge in [0.25, 0.3) is 0 Å². The van der Waals surface area contributed by atoms with Crippen molar-refractivity contribution in [2.45, 2.75) is 96.8 Å². The fraction of sp³-hybridized carbons (Fsp3) is 0.762. The van der Waals surface area contributed by atoms with Crippen LogP contribution in [0, 0.1) is 0 Å². The third-order valence-corrected chi connectivity index (χ3v) is 4.09. The summed E-state index contributed by atoms with van der Waals surface area (Å²) < 4.78 is 4.55. The number of allylic oxidation sites excluding steroid dienone is 3. The fourth-order valence-corrected chi connectivity index (χ4v) is 2.58. The molecule has 0 radical (unpaired) electrons. The highest BCUT2D eigenvalue weighted by molar-refractivity contribution is 5.81. The van der Waals surface area contributed by atoms with Gasteiger partial charge in [-0.15, -0.1) is 0 Å². The zero-order valence-corrected chi connectivity index (χ0v) is 15.5. The lowest BCUT2D eigenvalue weighted by Crippen LogP contribution is -1.93. The molecule has 0 aromatic carbocycles. The van der Waals surface area contributed by atoms with Crippen LogP contribution in [0.5, 0.6) is 0 Å². The largest absolute Gasteiger partial charge is 0.466 e. The summed E-state index contributed by atoms with van der Waals surface area (Å²) in [4.78, 5) is 10.9. The van der Waals surface area contributed by atoms with Crippen molar-refractivity contribution < 1.29 is 9.53 Å². The molecule has 0 aliphatic rings. The summed E-state index contributed by atoms with van der Waals surface area (Å²) in [5, 5.41) is 0. The first-order valence-corrected chi connectivity index (χ1v) is 9.70. The minimum Gasteiger partial charge on any atom is -0.466 e. The number of esters is 1. The standard InChI is InChI=1S/C21H38O2/c1-3-4-5-6-7-8-9-10-11-12-13-14-15-16-17-18-19-20-21(22)23-2/h8-9,19-20H,3-7,10-18H2,1-2H3/b9-8?,20-19-. The van der Waals surface area contributed by atoms with Crippen LogP contribution in [-0.2, 0) is 9.53 Å². The van der Waals surface area contributed by atoms with Crippen LogP contribution in [-0.4, -0.2) is 13.1 Å². The molecule has 0 unspecified atom stereocenters. The molecule has 23 heavy (non-hydrogen) atoms. The Morgan fingerprint density at radius 3 is 1.61 bits per heavy atom. The van der Waals surface area contributed by atoms with Crippen molar-refractivity contribution in [2.24, 2.45) is 0 Å². The van der Waals surface area contributed by atoms with Gasteiger partial charge < -0.3 is 4.74 Å². The quantitative estimate of drug-likeness (QED) is 0.136. The Kier molecular flexibility index (Phi) is 18.1. The topological polar surface area (TPSA) is 26.3 Å². The number of unbranched alkanes of at least 4 members (excludes halogenated alkanes) is 12. The molecule has 0 aromatic rings. The van der Waals surface area contributed by atoms with E-state index in [2.05, 4.69) is 23.8 Å². The molecule has 0 spiro atoms. The van der Waals surface area contributed by atoms with Crippen molar-refractivity contribution in [1.82, 2.24) is 0 Å². The van der Waals surface area contributed by atoms with Crippen molar-refractivity contribution in [3.63, 3.8) is 0 Å². The van der Waals surface area contributed by atoms with Gasteiger partial charge in [0, 0.05) is 6.08 Å². The van der Waals surface area contributed by atoms with Crippen LogP contribution in [0.15, 0.2) is 24.3 Å². The van der Waals surface area contributed by atoms with Crippen LogP contribution in [0.3, 0.4) is 0 Å². The lowest BCUT2D eigenvalue weighted by Gasteiger charge is -2.00. The lowest BCUT2D eigenvalue weighted by molar-refractivity contribution is -0.134. The Hall–Kier alpha value is -1.05. The van der Waals surface area contributed by atoms with E-state index in [1.165, 1.54) is 96.7 Å².